The van der Waals surface area contributed by atoms with Crippen LogP contribution < -0.4 is 15.1 Å². The Hall–Kier alpha value is -4.27. The molecule has 2 saturated heterocycles. The minimum Gasteiger partial charge on any atom is -0.366 e. The summed E-state index contributed by atoms with van der Waals surface area (Å²) < 4.78 is 82.1. The average molecular weight is 703 g/mol. The number of para-hydroxylation sites is 1. The molecule has 9 nitrogen and oxygen atoms in total. The van der Waals surface area contributed by atoms with Gasteiger partial charge in [0.2, 0.25) is 21.9 Å². The SMILES string of the molecule is O=C(NCc1cc(-c2ccc(C(F)(F)F)cc2)nc(N2CCN(c3ccccc3F)CC2)n1)[C@@H]1CCCN1S(=O)(=O)c1cccc(Cl)c1. The normalized spacial score (nSPS) is 17.5. The molecule has 6 rings (SSSR count). The molecule has 0 bridgehead atoms. The summed E-state index contributed by atoms with van der Waals surface area (Å²) in [4.78, 5) is 26.5. The lowest BCUT2D eigenvalue weighted by Crippen LogP contribution is -2.47. The van der Waals surface area contributed by atoms with E-state index in [4.69, 9.17) is 11.6 Å². The zero-order valence-electron chi connectivity index (χ0n) is 25.5. The minimum absolute atomic E-state index is 0.00794. The van der Waals surface area contributed by atoms with Crippen molar-refractivity contribution in [1.29, 1.82) is 0 Å². The highest BCUT2D eigenvalue weighted by atomic mass is 35.5. The highest BCUT2D eigenvalue weighted by Crippen LogP contribution is 2.32. The van der Waals surface area contributed by atoms with Crippen LogP contribution in [0.5, 0.6) is 0 Å². The van der Waals surface area contributed by atoms with Gasteiger partial charge in [-0.05, 0) is 61.4 Å². The van der Waals surface area contributed by atoms with Crippen LogP contribution in [0.4, 0.5) is 29.2 Å². The van der Waals surface area contributed by atoms with Gasteiger partial charge in [0.15, 0.2) is 0 Å². The number of anilines is 2. The molecule has 0 aliphatic carbocycles. The van der Waals surface area contributed by atoms with E-state index in [2.05, 4.69) is 15.3 Å². The van der Waals surface area contributed by atoms with Crippen molar-refractivity contribution in [2.45, 2.75) is 36.5 Å². The fourth-order valence-corrected chi connectivity index (χ4v) is 7.85. The van der Waals surface area contributed by atoms with Gasteiger partial charge in [0.05, 0.1) is 34.1 Å². The maximum Gasteiger partial charge on any atom is 0.416 e. The Labute approximate surface area is 280 Å². The van der Waals surface area contributed by atoms with Crippen LogP contribution in [0.2, 0.25) is 5.02 Å². The van der Waals surface area contributed by atoms with E-state index in [0.717, 1.165) is 12.1 Å². The number of aromatic nitrogens is 2. The molecule has 2 aliphatic heterocycles. The van der Waals surface area contributed by atoms with Crippen LogP contribution in [0.25, 0.3) is 11.3 Å². The van der Waals surface area contributed by atoms with Crippen LogP contribution in [0.15, 0.2) is 83.8 Å². The molecular formula is C33H31ClF4N6O3S. The fourth-order valence-electron chi connectivity index (χ4n) is 5.90. The third kappa shape index (κ3) is 7.25. The molecule has 4 aromatic rings. The molecule has 1 amide bonds. The second-order valence-electron chi connectivity index (χ2n) is 11.5. The molecule has 1 atom stereocenters. The largest absolute Gasteiger partial charge is 0.416 e. The van der Waals surface area contributed by atoms with Crippen LogP contribution in [0.1, 0.15) is 24.1 Å². The summed E-state index contributed by atoms with van der Waals surface area (Å²) in [6.07, 6.45) is -3.69. The van der Waals surface area contributed by atoms with E-state index < -0.39 is 33.7 Å². The number of nitrogens with one attached hydrogen (secondary N) is 1. The van der Waals surface area contributed by atoms with Crippen LogP contribution in [-0.4, -0.2) is 67.4 Å². The summed E-state index contributed by atoms with van der Waals surface area (Å²) in [5, 5.41) is 3.06. The zero-order chi connectivity index (χ0) is 34.1. The molecule has 15 heteroatoms. The number of rotatable bonds is 8. The molecular weight excluding hydrogens is 672 g/mol. The number of piperazine rings is 1. The quantitative estimate of drug-likeness (QED) is 0.234. The standard InChI is InChI=1S/C33H31ClF4N6O3S/c34-24-5-3-6-26(19-24)48(46,47)44-14-4-9-30(44)31(45)39-21-25-20-28(22-10-12-23(13-11-22)33(36,37)38)41-32(40-25)43-17-15-42(16-18-43)29-8-2-1-7-27(29)35/h1-3,5-8,10-13,19-20,30H,4,9,14-18,21H2,(H,39,45)/t30-/m0/s1. The van der Waals surface area contributed by atoms with Gasteiger partial charge in [-0.1, -0.05) is 41.9 Å². The molecule has 0 radical (unpaired) electrons. The number of nitrogens with zero attached hydrogens (tertiary/aromatic N) is 5. The zero-order valence-corrected chi connectivity index (χ0v) is 27.1. The topological polar surface area (TPSA) is 98.7 Å². The Morgan fingerprint density at radius 2 is 1.60 bits per heavy atom. The fraction of sp³-hybridized carbons (Fsp3) is 0.303. The Balaban J connectivity index is 1.23. The van der Waals surface area contributed by atoms with Crippen molar-refractivity contribution in [2.75, 3.05) is 42.5 Å². The summed E-state index contributed by atoms with van der Waals surface area (Å²) in [5.74, 6) is -0.533. The summed E-state index contributed by atoms with van der Waals surface area (Å²) >= 11 is 6.02. The predicted molar refractivity (Wildman–Crippen MR) is 174 cm³/mol. The Morgan fingerprint density at radius 3 is 2.29 bits per heavy atom. The monoisotopic (exact) mass is 702 g/mol. The van der Waals surface area contributed by atoms with E-state index in [1.165, 1.54) is 40.7 Å². The maximum atomic E-state index is 14.4. The van der Waals surface area contributed by atoms with Crippen LogP contribution in [0.3, 0.4) is 0 Å². The number of carbonyl (C=O) groups excluding carboxylic acids is 1. The number of hydrogen-bond acceptors (Lipinski definition) is 7. The van der Waals surface area contributed by atoms with Gasteiger partial charge in [0.1, 0.15) is 11.9 Å². The van der Waals surface area contributed by atoms with Gasteiger partial charge in [-0.2, -0.15) is 17.5 Å². The first-order valence-corrected chi connectivity index (χ1v) is 17.1. The first-order valence-electron chi connectivity index (χ1n) is 15.3. The summed E-state index contributed by atoms with van der Waals surface area (Å²) in [5.41, 5.74) is 0.825. The summed E-state index contributed by atoms with van der Waals surface area (Å²) in [7, 11) is -4.00. The molecule has 3 aromatic carbocycles. The second-order valence-corrected chi connectivity index (χ2v) is 13.8. The molecule has 2 aliphatic rings. The Kier molecular flexibility index (Phi) is 9.59. The van der Waals surface area contributed by atoms with Gasteiger partial charge in [-0.15, -0.1) is 0 Å². The highest BCUT2D eigenvalue weighted by molar-refractivity contribution is 7.89. The Bertz CT molecular complexity index is 1900. The van der Waals surface area contributed by atoms with Gasteiger partial charge < -0.3 is 15.1 Å². The molecule has 1 aromatic heterocycles. The predicted octanol–water partition coefficient (Wildman–Crippen LogP) is 5.75. The number of hydrogen-bond donors (Lipinski definition) is 1. The van der Waals surface area contributed by atoms with E-state index in [1.807, 2.05) is 9.80 Å². The Morgan fingerprint density at radius 1 is 0.896 bits per heavy atom. The molecule has 1 N–H and O–H groups in total. The first-order chi connectivity index (χ1) is 22.9. The van der Waals surface area contributed by atoms with Crippen molar-refractivity contribution in [1.82, 2.24) is 19.6 Å². The lowest BCUT2D eigenvalue weighted by molar-refractivity contribution is -0.137. The third-order valence-corrected chi connectivity index (χ3v) is 10.5. The summed E-state index contributed by atoms with van der Waals surface area (Å²) in [6, 6.07) is 17.6. The molecule has 3 heterocycles. The van der Waals surface area contributed by atoms with E-state index in [-0.39, 0.29) is 28.8 Å². The van der Waals surface area contributed by atoms with Crippen molar-refractivity contribution in [3.63, 3.8) is 0 Å². The first kappa shape index (κ1) is 33.6. The van der Waals surface area contributed by atoms with Crippen LogP contribution >= 0.6 is 11.6 Å². The van der Waals surface area contributed by atoms with E-state index in [0.29, 0.717) is 67.6 Å². The lowest BCUT2D eigenvalue weighted by Gasteiger charge is -2.36. The number of amides is 1. The van der Waals surface area contributed by atoms with Gasteiger partial charge in [0, 0.05) is 43.3 Å². The molecule has 2 fully saturated rings. The van der Waals surface area contributed by atoms with Gasteiger partial charge in [-0.25, -0.2) is 22.8 Å². The second kappa shape index (κ2) is 13.7. The molecule has 252 valence electrons. The average Bonchev–Trinajstić information content (AvgIpc) is 3.59. The van der Waals surface area contributed by atoms with Crippen molar-refractivity contribution < 1.29 is 30.8 Å². The maximum absolute atomic E-state index is 14.4. The summed E-state index contributed by atoms with van der Waals surface area (Å²) in [6.45, 7) is 1.91. The molecule has 0 saturated carbocycles. The highest BCUT2D eigenvalue weighted by Gasteiger charge is 2.39. The van der Waals surface area contributed by atoms with Crippen LogP contribution in [-0.2, 0) is 27.5 Å². The lowest BCUT2D eigenvalue weighted by atomic mass is 10.1. The van der Waals surface area contributed by atoms with E-state index in [1.54, 1.807) is 30.3 Å². The van der Waals surface area contributed by atoms with E-state index in [9.17, 15) is 30.8 Å². The number of benzene rings is 3. The van der Waals surface area contributed by atoms with Crippen molar-refractivity contribution in [2.24, 2.45) is 0 Å². The van der Waals surface area contributed by atoms with Gasteiger partial charge in [0.25, 0.3) is 0 Å². The van der Waals surface area contributed by atoms with Crippen LogP contribution in [0, 0.1) is 5.82 Å². The van der Waals surface area contributed by atoms with Gasteiger partial charge >= 0.3 is 6.18 Å². The molecule has 48 heavy (non-hydrogen) atoms. The minimum atomic E-state index is -4.50. The number of carbonyl (C=O) groups is 1. The number of sulfonamides is 1. The van der Waals surface area contributed by atoms with E-state index >= 15 is 0 Å². The van der Waals surface area contributed by atoms with Crippen molar-refractivity contribution in [3.8, 4) is 11.3 Å². The number of alkyl halides is 3. The number of halogens is 5. The van der Waals surface area contributed by atoms with Crippen molar-refractivity contribution >= 4 is 39.2 Å². The molecule has 0 spiro atoms. The molecule has 0 unspecified atom stereocenters. The van der Waals surface area contributed by atoms with Gasteiger partial charge in [-0.3, -0.25) is 4.79 Å². The van der Waals surface area contributed by atoms with Crippen molar-refractivity contribution in [3.05, 3.63) is 101 Å². The smallest absolute Gasteiger partial charge is 0.366 e. The third-order valence-electron chi connectivity index (χ3n) is 8.38.